The van der Waals surface area contributed by atoms with Crippen molar-refractivity contribution in [3.8, 4) is 0 Å². The molecular weight excluding hydrogens is 640 g/mol. The van der Waals surface area contributed by atoms with Crippen LogP contribution in [0.25, 0.3) is 12.2 Å². The number of hydrogen-bond acceptors (Lipinski definition) is 13. The lowest BCUT2D eigenvalue weighted by Gasteiger charge is -2.53. The van der Waals surface area contributed by atoms with E-state index in [1.54, 1.807) is 39.8 Å². The molecule has 0 bridgehead atoms. The molecule has 0 unspecified atom stereocenters. The smallest absolute Gasteiger partial charge is 0.331 e. The minimum absolute atomic E-state index is 0.0788. The van der Waals surface area contributed by atoms with Gasteiger partial charge in [0.1, 0.15) is 49.8 Å². The highest BCUT2D eigenvalue weighted by atomic mass is 16.9. The lowest BCUT2D eigenvalue weighted by molar-refractivity contribution is -0.454. The first-order valence-corrected chi connectivity index (χ1v) is 16.2. The lowest BCUT2D eigenvalue weighted by Crippen LogP contribution is -2.69. The van der Waals surface area contributed by atoms with E-state index in [-0.39, 0.29) is 6.61 Å². The fourth-order valence-electron chi connectivity index (χ4n) is 6.09. The molecular formula is C36H42O13. The summed E-state index contributed by atoms with van der Waals surface area (Å²) in [6.07, 6.45) is -4.02. The lowest BCUT2D eigenvalue weighted by atomic mass is 9.96. The third-order valence-electron chi connectivity index (χ3n) is 8.52. The van der Waals surface area contributed by atoms with Gasteiger partial charge in [0, 0.05) is 12.2 Å². The number of aliphatic hydroxyl groups is 2. The molecule has 6 rings (SSSR count). The molecule has 4 aliphatic heterocycles. The fraction of sp³-hybridized carbons (Fsp3) is 0.500. The van der Waals surface area contributed by atoms with Crippen LogP contribution in [0.1, 0.15) is 38.8 Å². The van der Waals surface area contributed by atoms with Crippen molar-refractivity contribution in [2.45, 2.75) is 94.1 Å². The standard InChI is InChI=1S/C36H42O13/c1-34(2)42-20-25-30(47-34)29(40)31-33(44-25)49-36(21-43-35(3,4)48-31)32(45-27(38)18-16-23-13-9-6-10-14-23)28(39)24(46-36)19-41-26(37)17-15-22-11-7-5-8-12-22/h5-18,24-25,28-33,39-40H,19-21H2,1-4H3/b17-15+,18-16+/t24-,25-,28-,29+,30-,31-,32+,33-,36+/m1/s1. The molecule has 13 nitrogen and oxygen atoms in total. The van der Waals surface area contributed by atoms with Gasteiger partial charge in [0.05, 0.1) is 6.61 Å². The zero-order chi connectivity index (χ0) is 34.8. The predicted molar refractivity (Wildman–Crippen MR) is 171 cm³/mol. The average Bonchev–Trinajstić information content (AvgIpc) is 3.33. The Morgan fingerprint density at radius 1 is 0.776 bits per heavy atom. The number of carbonyl (C=O) groups excluding carboxylic acids is 2. The van der Waals surface area contributed by atoms with Crippen LogP contribution in [0.2, 0.25) is 0 Å². The van der Waals surface area contributed by atoms with Gasteiger partial charge in [0.2, 0.25) is 5.79 Å². The molecule has 0 aromatic heterocycles. The van der Waals surface area contributed by atoms with Crippen LogP contribution in [0, 0.1) is 0 Å². The maximum absolute atomic E-state index is 13.2. The highest BCUT2D eigenvalue weighted by Gasteiger charge is 2.64. The molecule has 0 amide bonds. The van der Waals surface area contributed by atoms with E-state index in [0.717, 1.165) is 11.1 Å². The number of benzene rings is 2. The first kappa shape index (κ1) is 35.3. The van der Waals surface area contributed by atoms with E-state index in [1.807, 2.05) is 60.7 Å². The molecule has 4 heterocycles. The van der Waals surface area contributed by atoms with Crippen LogP contribution in [-0.4, -0.2) is 108 Å². The van der Waals surface area contributed by atoms with Crippen LogP contribution in [0.4, 0.5) is 0 Å². The molecule has 2 aromatic rings. The van der Waals surface area contributed by atoms with Crippen molar-refractivity contribution in [3.05, 3.63) is 83.9 Å². The van der Waals surface area contributed by atoms with Crippen molar-refractivity contribution in [3.63, 3.8) is 0 Å². The predicted octanol–water partition coefficient (Wildman–Crippen LogP) is 2.73. The maximum atomic E-state index is 13.2. The summed E-state index contributed by atoms with van der Waals surface area (Å²) in [5.41, 5.74) is 1.54. The molecule has 4 aliphatic rings. The monoisotopic (exact) mass is 682 g/mol. The minimum atomic E-state index is -2.00. The molecule has 13 heteroatoms. The third kappa shape index (κ3) is 8.28. The molecule has 49 heavy (non-hydrogen) atoms. The molecule has 4 fully saturated rings. The van der Waals surface area contributed by atoms with Crippen molar-refractivity contribution < 1.29 is 62.4 Å². The second-order valence-corrected chi connectivity index (χ2v) is 13.1. The Kier molecular flexibility index (Phi) is 10.4. The van der Waals surface area contributed by atoms with Crippen molar-refractivity contribution in [1.82, 2.24) is 0 Å². The average molecular weight is 683 g/mol. The van der Waals surface area contributed by atoms with Gasteiger partial charge in [-0.2, -0.15) is 0 Å². The fourth-order valence-corrected chi connectivity index (χ4v) is 6.09. The number of rotatable bonds is 7. The van der Waals surface area contributed by atoms with E-state index in [9.17, 15) is 19.8 Å². The molecule has 4 saturated heterocycles. The van der Waals surface area contributed by atoms with Gasteiger partial charge in [-0.1, -0.05) is 60.7 Å². The second-order valence-electron chi connectivity index (χ2n) is 13.1. The van der Waals surface area contributed by atoms with E-state index in [1.165, 1.54) is 12.2 Å². The molecule has 0 saturated carbocycles. The Hall–Kier alpha value is -3.50. The molecule has 264 valence electrons. The Balaban J connectivity index is 1.26. The first-order chi connectivity index (χ1) is 23.3. The molecule has 9 atom stereocenters. The van der Waals surface area contributed by atoms with Gasteiger partial charge in [-0.05, 0) is 51.0 Å². The first-order valence-electron chi connectivity index (χ1n) is 16.2. The van der Waals surface area contributed by atoms with E-state index in [4.69, 9.17) is 42.6 Å². The number of hydrogen-bond donors (Lipinski definition) is 2. The van der Waals surface area contributed by atoms with Crippen molar-refractivity contribution in [2.24, 2.45) is 0 Å². The van der Waals surface area contributed by atoms with Crippen molar-refractivity contribution in [2.75, 3.05) is 19.8 Å². The van der Waals surface area contributed by atoms with Crippen LogP contribution in [0.3, 0.4) is 0 Å². The summed E-state index contributed by atoms with van der Waals surface area (Å²) in [6, 6.07) is 18.3. The minimum Gasteiger partial charge on any atom is -0.460 e. The Bertz CT molecular complexity index is 1510. The van der Waals surface area contributed by atoms with Gasteiger partial charge >= 0.3 is 11.9 Å². The summed E-state index contributed by atoms with van der Waals surface area (Å²) < 4.78 is 54.2. The molecule has 0 aliphatic carbocycles. The Morgan fingerprint density at radius 2 is 1.37 bits per heavy atom. The zero-order valence-corrected chi connectivity index (χ0v) is 27.7. The number of aliphatic hydroxyl groups excluding tert-OH is 2. The molecule has 2 N–H and O–H groups in total. The summed E-state index contributed by atoms with van der Waals surface area (Å²) in [4.78, 5) is 25.8. The number of esters is 2. The van der Waals surface area contributed by atoms with Crippen LogP contribution in [0.15, 0.2) is 72.8 Å². The normalized spacial score (nSPS) is 35.3. The van der Waals surface area contributed by atoms with Gasteiger partial charge in [-0.25, -0.2) is 9.59 Å². The quantitative estimate of drug-likeness (QED) is 0.325. The Morgan fingerprint density at radius 3 is 2.02 bits per heavy atom. The summed E-state index contributed by atoms with van der Waals surface area (Å²) >= 11 is 0. The zero-order valence-electron chi connectivity index (χ0n) is 27.7. The van der Waals surface area contributed by atoms with E-state index in [0.29, 0.717) is 0 Å². The van der Waals surface area contributed by atoms with E-state index in [2.05, 4.69) is 0 Å². The summed E-state index contributed by atoms with van der Waals surface area (Å²) in [5, 5.41) is 23.1. The van der Waals surface area contributed by atoms with Gasteiger partial charge in [0.15, 0.2) is 24.0 Å². The molecule has 1 spiro atoms. The van der Waals surface area contributed by atoms with E-state index < -0.39 is 91.5 Å². The SMILES string of the molecule is CC1(C)OC[C@@]2(O[C@H]3O[C@@H]4COC(C)(C)O[C@H]4[C@H](O)[C@H]3O1)O[C@H](COC(=O)/C=C/c1ccccc1)[C@@H](O)[C@@H]2OC(=O)/C=C/c1ccccc1. The number of ether oxygens (including phenoxy) is 9. The van der Waals surface area contributed by atoms with Gasteiger partial charge in [-0.15, -0.1) is 0 Å². The molecule has 2 aromatic carbocycles. The topological polar surface area (TPSA) is 158 Å². The molecule has 0 radical (unpaired) electrons. The summed E-state index contributed by atoms with van der Waals surface area (Å²) in [6.45, 7) is 5.96. The van der Waals surface area contributed by atoms with Crippen molar-refractivity contribution in [1.29, 1.82) is 0 Å². The number of carbonyl (C=O) groups is 2. The van der Waals surface area contributed by atoms with Gasteiger partial charge in [-0.3, -0.25) is 0 Å². The largest absolute Gasteiger partial charge is 0.460 e. The van der Waals surface area contributed by atoms with Gasteiger partial charge < -0.3 is 52.8 Å². The summed E-state index contributed by atoms with van der Waals surface area (Å²) in [5.74, 6) is -5.83. The van der Waals surface area contributed by atoms with E-state index >= 15 is 0 Å². The number of fused-ring (bicyclic) bond motifs is 2. The summed E-state index contributed by atoms with van der Waals surface area (Å²) in [7, 11) is 0. The van der Waals surface area contributed by atoms with Crippen LogP contribution in [0.5, 0.6) is 0 Å². The van der Waals surface area contributed by atoms with Crippen molar-refractivity contribution >= 4 is 24.1 Å². The van der Waals surface area contributed by atoms with Crippen LogP contribution < -0.4 is 0 Å². The Labute approximate surface area is 284 Å². The van der Waals surface area contributed by atoms with Crippen LogP contribution in [-0.2, 0) is 52.2 Å². The second kappa shape index (κ2) is 14.4. The highest BCUT2D eigenvalue weighted by Crippen LogP contribution is 2.43. The maximum Gasteiger partial charge on any atom is 0.331 e. The third-order valence-corrected chi connectivity index (χ3v) is 8.52. The van der Waals surface area contributed by atoms with Crippen LogP contribution >= 0.6 is 0 Å². The van der Waals surface area contributed by atoms with Gasteiger partial charge in [0.25, 0.3) is 0 Å². The highest BCUT2D eigenvalue weighted by molar-refractivity contribution is 5.87.